The lowest BCUT2D eigenvalue weighted by Crippen LogP contribution is -2.40. The molecule has 19 heavy (non-hydrogen) atoms. The van der Waals surface area contributed by atoms with Crippen LogP contribution in [0.2, 0.25) is 0 Å². The largest absolute Gasteiger partial charge is 0.453 e. The van der Waals surface area contributed by atoms with Crippen LogP contribution in [0, 0.1) is 23.7 Å². The van der Waals surface area contributed by atoms with Crippen LogP contribution >= 0.6 is 0 Å². The molecule has 0 saturated heterocycles. The van der Waals surface area contributed by atoms with Gasteiger partial charge in [-0.15, -0.1) is 0 Å². The molecule has 2 atom stereocenters. The van der Waals surface area contributed by atoms with Crippen LogP contribution in [0.25, 0.3) is 0 Å². The first kappa shape index (κ1) is 12.9. The number of rotatable bonds is 1. The number of carbonyl (C=O) groups is 1. The number of allylic oxidation sites excluding steroid dienone is 2. The Labute approximate surface area is 111 Å². The molecule has 2 aliphatic heterocycles. The van der Waals surface area contributed by atoms with Gasteiger partial charge in [0.05, 0.1) is 6.26 Å². The molecule has 4 heteroatoms. The molecule has 2 heterocycles. The van der Waals surface area contributed by atoms with Crippen molar-refractivity contribution in [3.8, 4) is 23.7 Å². The lowest BCUT2D eigenvalue weighted by molar-refractivity contribution is -0.189. The minimum absolute atomic E-state index is 0.396. The molecule has 0 bridgehead atoms. The molecule has 1 spiro atoms. The van der Waals surface area contributed by atoms with Crippen molar-refractivity contribution in [1.29, 1.82) is 0 Å². The van der Waals surface area contributed by atoms with Gasteiger partial charge in [0.25, 0.3) is 0 Å². The van der Waals surface area contributed by atoms with E-state index in [1.807, 2.05) is 0 Å². The van der Waals surface area contributed by atoms with Gasteiger partial charge in [0, 0.05) is 19.1 Å². The second-order valence-corrected chi connectivity index (χ2v) is 3.82. The maximum absolute atomic E-state index is 11.0. The maximum atomic E-state index is 11.0. The van der Waals surface area contributed by atoms with E-state index in [1.54, 1.807) is 31.2 Å². The van der Waals surface area contributed by atoms with Gasteiger partial charge in [0.1, 0.15) is 5.76 Å². The summed E-state index contributed by atoms with van der Waals surface area (Å²) in [7, 11) is 0. The van der Waals surface area contributed by atoms with E-state index in [2.05, 4.69) is 23.7 Å². The Hall–Kier alpha value is -2.59. The summed E-state index contributed by atoms with van der Waals surface area (Å²) in [5.41, 5.74) is 0. The van der Waals surface area contributed by atoms with Gasteiger partial charge in [-0.3, -0.25) is 4.79 Å². The smallest absolute Gasteiger partial charge is 0.312 e. The van der Waals surface area contributed by atoms with E-state index in [1.165, 1.54) is 13.2 Å². The molecule has 0 aliphatic carbocycles. The fraction of sp³-hybridized carbons (Fsp3) is 0.267. The van der Waals surface area contributed by atoms with Crippen molar-refractivity contribution in [2.75, 3.05) is 0 Å². The Morgan fingerprint density at radius 1 is 1.53 bits per heavy atom. The summed E-state index contributed by atoms with van der Waals surface area (Å²) >= 11 is 0. The summed E-state index contributed by atoms with van der Waals surface area (Å²) in [6, 6.07) is 0. The average molecular weight is 256 g/mol. The predicted octanol–water partition coefficient (Wildman–Crippen LogP) is 1.66. The molecular weight excluding hydrogens is 244 g/mol. The Morgan fingerprint density at radius 3 is 3.11 bits per heavy atom. The molecule has 96 valence electrons. The Balaban J connectivity index is 2.09. The summed E-state index contributed by atoms with van der Waals surface area (Å²) in [6.07, 6.45) is 7.48. The summed E-state index contributed by atoms with van der Waals surface area (Å²) in [5, 5.41) is 0. The maximum Gasteiger partial charge on any atom is 0.312 e. The molecule has 0 aromatic rings. The topological polar surface area (TPSA) is 44.8 Å². The molecule has 0 fully saturated rings. The molecule has 4 nitrogen and oxygen atoms in total. The molecule has 0 aromatic carbocycles. The summed E-state index contributed by atoms with van der Waals surface area (Å²) in [6.45, 7) is 3.05. The van der Waals surface area contributed by atoms with Gasteiger partial charge in [-0.2, -0.15) is 0 Å². The van der Waals surface area contributed by atoms with Crippen molar-refractivity contribution < 1.29 is 19.0 Å². The van der Waals surface area contributed by atoms with E-state index in [-0.39, 0.29) is 0 Å². The van der Waals surface area contributed by atoms with Gasteiger partial charge in [-0.1, -0.05) is 11.8 Å². The van der Waals surface area contributed by atoms with Gasteiger partial charge in [0.15, 0.2) is 0 Å². The highest BCUT2D eigenvalue weighted by Gasteiger charge is 2.48. The highest BCUT2D eigenvalue weighted by molar-refractivity contribution is 5.66. The number of esters is 1. The van der Waals surface area contributed by atoms with Crippen LogP contribution in [-0.2, 0) is 19.0 Å². The van der Waals surface area contributed by atoms with Crippen molar-refractivity contribution in [2.45, 2.75) is 25.7 Å². The number of hydrogen-bond acceptors (Lipinski definition) is 4. The van der Waals surface area contributed by atoms with Crippen LogP contribution in [0.4, 0.5) is 0 Å². The molecule has 2 unspecified atom stereocenters. The second kappa shape index (κ2) is 5.37. The summed E-state index contributed by atoms with van der Waals surface area (Å²) < 4.78 is 16.2. The third kappa shape index (κ3) is 2.81. The van der Waals surface area contributed by atoms with Crippen molar-refractivity contribution in [1.82, 2.24) is 0 Å². The number of carbonyl (C=O) groups excluding carboxylic acids is 1. The third-order valence-electron chi connectivity index (χ3n) is 2.43. The van der Waals surface area contributed by atoms with E-state index in [9.17, 15) is 4.79 Å². The normalized spacial score (nSPS) is 28.1. The molecule has 0 saturated carbocycles. The summed E-state index contributed by atoms with van der Waals surface area (Å²) in [5.74, 6) is 9.71. The fourth-order valence-electron chi connectivity index (χ4n) is 1.67. The van der Waals surface area contributed by atoms with E-state index in [4.69, 9.17) is 14.2 Å². The van der Waals surface area contributed by atoms with Crippen LogP contribution in [0.5, 0.6) is 0 Å². The first-order chi connectivity index (χ1) is 9.16. The zero-order chi connectivity index (χ0) is 13.7. The molecule has 2 rings (SSSR count). The Morgan fingerprint density at radius 2 is 2.37 bits per heavy atom. The predicted molar refractivity (Wildman–Crippen MR) is 68.0 cm³/mol. The Bertz CT molecular complexity index is 589. The van der Waals surface area contributed by atoms with Crippen molar-refractivity contribution in [3.63, 3.8) is 0 Å². The SMILES string of the molecule is CC#CC#C/C=C1\C=CC2(OC=CC2OC(C)=O)O1. The lowest BCUT2D eigenvalue weighted by Gasteiger charge is -2.27. The summed E-state index contributed by atoms with van der Waals surface area (Å²) in [4.78, 5) is 11.0. The minimum atomic E-state index is -1.10. The molecule has 0 aromatic heterocycles. The quantitative estimate of drug-likeness (QED) is 0.528. The van der Waals surface area contributed by atoms with Crippen LogP contribution in [0.1, 0.15) is 13.8 Å². The number of hydrogen-bond donors (Lipinski definition) is 0. The molecule has 0 N–H and O–H groups in total. The second-order valence-electron chi connectivity index (χ2n) is 3.82. The van der Waals surface area contributed by atoms with Gasteiger partial charge in [-0.05, 0) is 30.9 Å². The van der Waals surface area contributed by atoms with Crippen molar-refractivity contribution >= 4 is 5.97 Å². The van der Waals surface area contributed by atoms with Crippen LogP contribution < -0.4 is 0 Å². The molecule has 0 amide bonds. The van der Waals surface area contributed by atoms with Crippen LogP contribution in [-0.4, -0.2) is 17.9 Å². The minimum Gasteiger partial charge on any atom is -0.453 e. The molecule has 2 aliphatic rings. The van der Waals surface area contributed by atoms with Gasteiger partial charge in [0.2, 0.25) is 6.10 Å². The van der Waals surface area contributed by atoms with Gasteiger partial charge >= 0.3 is 11.8 Å². The van der Waals surface area contributed by atoms with E-state index >= 15 is 0 Å². The van der Waals surface area contributed by atoms with Gasteiger partial charge in [-0.25, -0.2) is 0 Å². The average Bonchev–Trinajstić information content (AvgIpc) is 2.94. The van der Waals surface area contributed by atoms with E-state index in [0.29, 0.717) is 5.76 Å². The highest BCUT2D eigenvalue weighted by Crippen LogP contribution is 2.36. The lowest BCUT2D eigenvalue weighted by atomic mass is 10.1. The van der Waals surface area contributed by atoms with E-state index in [0.717, 1.165) is 0 Å². The monoisotopic (exact) mass is 256 g/mol. The first-order valence-corrected chi connectivity index (χ1v) is 5.69. The molecule has 0 radical (unpaired) electrons. The fourth-order valence-corrected chi connectivity index (χ4v) is 1.67. The van der Waals surface area contributed by atoms with Crippen LogP contribution in [0.15, 0.2) is 36.3 Å². The van der Waals surface area contributed by atoms with E-state index < -0.39 is 17.9 Å². The Kier molecular flexibility index (Phi) is 3.63. The highest BCUT2D eigenvalue weighted by atomic mass is 16.7. The molecular formula is C15H12O4. The first-order valence-electron chi connectivity index (χ1n) is 5.69. The van der Waals surface area contributed by atoms with Crippen molar-refractivity contribution in [3.05, 3.63) is 36.3 Å². The zero-order valence-corrected chi connectivity index (χ0v) is 10.6. The number of ether oxygens (including phenoxy) is 3. The third-order valence-corrected chi connectivity index (χ3v) is 2.43. The van der Waals surface area contributed by atoms with Crippen molar-refractivity contribution in [2.24, 2.45) is 0 Å². The zero-order valence-electron chi connectivity index (χ0n) is 10.6. The van der Waals surface area contributed by atoms with Crippen LogP contribution in [0.3, 0.4) is 0 Å². The van der Waals surface area contributed by atoms with Gasteiger partial charge < -0.3 is 14.2 Å². The standard InChI is InChI=1S/C15H12O4/c1-3-4-5-6-7-13-8-10-15(19-13)14(9-11-17-15)18-12(2)16/h7-11,14H,1-2H3/b13-7+.